The first-order valence-electron chi connectivity index (χ1n) is 4.51. The van der Waals surface area contributed by atoms with Crippen molar-refractivity contribution < 1.29 is 33.9 Å². The molecule has 0 aromatic heterocycles. The number of aliphatic hydroxyl groups excluding tert-OH is 1. The monoisotopic (exact) mass is 254 g/mol. The number of carboxylic acids is 1. The highest BCUT2D eigenvalue weighted by Gasteiger charge is 2.20. The van der Waals surface area contributed by atoms with Crippen LogP contribution in [0.15, 0.2) is 12.2 Å². The van der Waals surface area contributed by atoms with Crippen molar-refractivity contribution in [2.24, 2.45) is 5.92 Å². The van der Waals surface area contributed by atoms with Gasteiger partial charge in [-0.3, -0.25) is 4.52 Å². The lowest BCUT2D eigenvalue weighted by molar-refractivity contribution is -0.133. The van der Waals surface area contributed by atoms with E-state index >= 15 is 0 Å². The second-order valence-electron chi connectivity index (χ2n) is 3.15. The molecule has 0 aliphatic heterocycles. The van der Waals surface area contributed by atoms with E-state index in [-0.39, 0.29) is 31.6 Å². The quantitative estimate of drug-likeness (QED) is 0.358. The van der Waals surface area contributed by atoms with Crippen LogP contribution in [-0.2, 0) is 13.9 Å². The molecule has 1 unspecified atom stereocenters. The number of phosphoric ester groups is 1. The number of phosphoric acid groups is 1. The van der Waals surface area contributed by atoms with Gasteiger partial charge in [-0.25, -0.2) is 9.36 Å². The van der Waals surface area contributed by atoms with E-state index in [4.69, 9.17) is 20.0 Å². The van der Waals surface area contributed by atoms with E-state index in [0.29, 0.717) is 0 Å². The van der Waals surface area contributed by atoms with Gasteiger partial charge in [0, 0.05) is 12.2 Å². The molecule has 8 heteroatoms. The molecule has 1 atom stereocenters. The summed E-state index contributed by atoms with van der Waals surface area (Å²) in [4.78, 5) is 27.4. The molecule has 16 heavy (non-hydrogen) atoms. The molecule has 0 rings (SSSR count). The summed E-state index contributed by atoms with van der Waals surface area (Å²) in [6.07, 6.45) is 0.243. The van der Waals surface area contributed by atoms with E-state index < -0.39 is 19.7 Å². The maximum atomic E-state index is 10.6. The Morgan fingerprint density at radius 3 is 2.31 bits per heavy atom. The fourth-order valence-electron chi connectivity index (χ4n) is 1.14. The number of carboxylic acid groups (broad SMARTS) is 1. The van der Waals surface area contributed by atoms with Crippen LogP contribution >= 0.6 is 7.82 Å². The maximum absolute atomic E-state index is 10.6. The average molecular weight is 254 g/mol. The molecule has 0 bridgehead atoms. The number of rotatable bonds is 8. The highest BCUT2D eigenvalue weighted by molar-refractivity contribution is 7.46. The second-order valence-corrected chi connectivity index (χ2v) is 4.39. The minimum Gasteiger partial charge on any atom is -0.478 e. The number of hydrogen-bond acceptors (Lipinski definition) is 4. The normalized spacial score (nSPS) is 13.4. The standard InChI is InChI=1S/C8H15O7P/c1-6(8(10)11)7(2-4-9)3-5-15-16(12,13)14/h7,9H,1-5H2,(H,10,11)(H2,12,13,14). The summed E-state index contributed by atoms with van der Waals surface area (Å²) < 4.78 is 14.5. The van der Waals surface area contributed by atoms with E-state index in [9.17, 15) is 9.36 Å². The number of aliphatic carboxylic acids is 1. The summed E-state index contributed by atoms with van der Waals surface area (Å²) in [5, 5.41) is 17.4. The predicted molar refractivity (Wildman–Crippen MR) is 54.6 cm³/mol. The number of carbonyl (C=O) groups is 1. The van der Waals surface area contributed by atoms with Gasteiger partial charge >= 0.3 is 13.8 Å². The zero-order valence-electron chi connectivity index (χ0n) is 8.57. The first-order chi connectivity index (χ1) is 7.28. The molecule has 0 saturated heterocycles. The molecule has 0 radical (unpaired) electrons. The van der Waals surface area contributed by atoms with Gasteiger partial charge in [0.15, 0.2) is 0 Å². The first kappa shape index (κ1) is 15.3. The lowest BCUT2D eigenvalue weighted by Crippen LogP contribution is -2.15. The Hall–Kier alpha value is -0.720. The van der Waals surface area contributed by atoms with Crippen molar-refractivity contribution >= 4 is 13.8 Å². The highest BCUT2D eigenvalue weighted by Crippen LogP contribution is 2.36. The van der Waals surface area contributed by atoms with Gasteiger partial charge in [-0.2, -0.15) is 0 Å². The third kappa shape index (κ3) is 6.71. The first-order valence-corrected chi connectivity index (χ1v) is 6.04. The molecular formula is C8H15O7P. The summed E-state index contributed by atoms with van der Waals surface area (Å²) in [5.74, 6) is -1.76. The Labute approximate surface area is 92.6 Å². The molecule has 94 valence electrons. The lowest BCUT2D eigenvalue weighted by Gasteiger charge is -2.15. The summed E-state index contributed by atoms with van der Waals surface area (Å²) in [5.41, 5.74) is -0.108. The van der Waals surface area contributed by atoms with Crippen LogP contribution in [0.1, 0.15) is 12.8 Å². The van der Waals surface area contributed by atoms with Crippen LogP contribution in [0.3, 0.4) is 0 Å². The van der Waals surface area contributed by atoms with Gasteiger partial charge in [0.2, 0.25) is 0 Å². The van der Waals surface area contributed by atoms with Crippen LogP contribution < -0.4 is 0 Å². The van der Waals surface area contributed by atoms with Crippen molar-refractivity contribution in [1.29, 1.82) is 0 Å². The van der Waals surface area contributed by atoms with Gasteiger partial charge in [-0.05, 0) is 18.8 Å². The van der Waals surface area contributed by atoms with Crippen molar-refractivity contribution in [2.75, 3.05) is 13.2 Å². The SMILES string of the molecule is C=C(C(=O)O)C(CCO)CCOP(=O)(O)O. The summed E-state index contributed by atoms with van der Waals surface area (Å²) in [6, 6.07) is 0. The number of hydrogen-bond donors (Lipinski definition) is 4. The minimum absolute atomic E-state index is 0.0802. The molecule has 0 spiro atoms. The third-order valence-corrected chi connectivity index (χ3v) is 2.49. The minimum atomic E-state index is -4.53. The Morgan fingerprint density at radius 1 is 1.38 bits per heavy atom. The topological polar surface area (TPSA) is 124 Å². The van der Waals surface area contributed by atoms with Gasteiger partial charge in [0.25, 0.3) is 0 Å². The van der Waals surface area contributed by atoms with Gasteiger partial charge in [-0.15, -0.1) is 0 Å². The Morgan fingerprint density at radius 2 is 1.94 bits per heavy atom. The summed E-state index contributed by atoms with van der Waals surface area (Å²) >= 11 is 0. The zero-order chi connectivity index (χ0) is 12.8. The van der Waals surface area contributed by atoms with E-state index in [1.165, 1.54) is 0 Å². The molecule has 0 aliphatic rings. The van der Waals surface area contributed by atoms with Gasteiger partial charge in [-0.1, -0.05) is 6.58 Å². The van der Waals surface area contributed by atoms with Crippen molar-refractivity contribution in [2.45, 2.75) is 12.8 Å². The lowest BCUT2D eigenvalue weighted by atomic mass is 9.94. The van der Waals surface area contributed by atoms with Crippen LogP contribution in [-0.4, -0.2) is 39.2 Å². The predicted octanol–water partition coefficient (Wildman–Crippen LogP) is 0.125. The molecule has 0 aromatic carbocycles. The van der Waals surface area contributed by atoms with E-state index in [1.807, 2.05) is 0 Å². The molecule has 0 amide bonds. The molecule has 0 fully saturated rings. The summed E-state index contributed by atoms with van der Waals surface area (Å²) in [6.45, 7) is 2.81. The van der Waals surface area contributed by atoms with Gasteiger partial charge < -0.3 is 20.0 Å². The summed E-state index contributed by atoms with van der Waals surface area (Å²) in [7, 11) is -4.53. The molecular weight excluding hydrogens is 239 g/mol. The van der Waals surface area contributed by atoms with Crippen molar-refractivity contribution in [1.82, 2.24) is 0 Å². The van der Waals surface area contributed by atoms with E-state index in [2.05, 4.69) is 11.1 Å². The second kappa shape index (κ2) is 6.78. The molecule has 0 aliphatic carbocycles. The van der Waals surface area contributed by atoms with Crippen LogP contribution in [0, 0.1) is 5.92 Å². The molecule has 4 N–H and O–H groups in total. The van der Waals surface area contributed by atoms with Crippen molar-refractivity contribution in [3.8, 4) is 0 Å². The van der Waals surface area contributed by atoms with E-state index in [0.717, 1.165) is 0 Å². The Balaban J connectivity index is 4.19. The fraction of sp³-hybridized carbons (Fsp3) is 0.625. The number of aliphatic hydroxyl groups is 1. The van der Waals surface area contributed by atoms with Crippen LogP contribution in [0.5, 0.6) is 0 Å². The smallest absolute Gasteiger partial charge is 0.469 e. The van der Waals surface area contributed by atoms with Crippen LogP contribution in [0.25, 0.3) is 0 Å². The maximum Gasteiger partial charge on any atom is 0.469 e. The molecule has 0 aromatic rings. The average Bonchev–Trinajstić information content (AvgIpc) is 2.13. The largest absolute Gasteiger partial charge is 0.478 e. The third-order valence-electron chi connectivity index (χ3n) is 1.97. The Kier molecular flexibility index (Phi) is 6.47. The van der Waals surface area contributed by atoms with Crippen LogP contribution in [0.2, 0.25) is 0 Å². The van der Waals surface area contributed by atoms with Crippen LogP contribution in [0.4, 0.5) is 0 Å². The highest BCUT2D eigenvalue weighted by atomic mass is 31.2. The molecule has 0 saturated carbocycles. The zero-order valence-corrected chi connectivity index (χ0v) is 9.47. The Bertz CT molecular complexity index is 295. The van der Waals surface area contributed by atoms with Crippen molar-refractivity contribution in [3.05, 3.63) is 12.2 Å². The van der Waals surface area contributed by atoms with Gasteiger partial charge in [0.05, 0.1) is 6.61 Å². The molecule has 0 heterocycles. The fourth-order valence-corrected chi connectivity index (χ4v) is 1.48. The van der Waals surface area contributed by atoms with Gasteiger partial charge in [0.1, 0.15) is 0 Å². The van der Waals surface area contributed by atoms with E-state index in [1.54, 1.807) is 0 Å². The molecule has 7 nitrogen and oxygen atoms in total. The van der Waals surface area contributed by atoms with Crippen molar-refractivity contribution in [3.63, 3.8) is 0 Å².